The first-order valence-corrected chi connectivity index (χ1v) is 14.4. The molecule has 2 aliphatic carbocycles. The summed E-state index contributed by atoms with van der Waals surface area (Å²) in [5.41, 5.74) is 17.9. The molecule has 0 amide bonds. The molecule has 0 nitrogen and oxygen atoms in total. The van der Waals surface area contributed by atoms with Gasteiger partial charge in [-0.05, 0) is 0 Å². The Kier molecular flexibility index (Phi) is 5.55. The standard InChI is InChI=1S/C35H34.Zr/c1-34(2,3)30-17-15-24(28-20-22-11-7-9-13-26(22)32(28)30)19-25-16-18-31(35(4,5)6)33-27-14-10-8-12-23(27)21-29(25)33;/h7-18H,20-21H2,1-6H3;/q;+2. The molecule has 0 aliphatic heterocycles. The Bertz CT molecular complexity index is 1440. The van der Waals surface area contributed by atoms with Gasteiger partial charge in [-0.1, -0.05) is 0 Å². The van der Waals surface area contributed by atoms with Gasteiger partial charge in [-0.3, -0.25) is 0 Å². The monoisotopic (exact) mass is 544 g/mol. The number of fused-ring (bicyclic) bond motifs is 6. The summed E-state index contributed by atoms with van der Waals surface area (Å²) < 4.78 is 1.50. The van der Waals surface area contributed by atoms with Crippen molar-refractivity contribution < 1.29 is 24.2 Å². The average molecular weight is 546 g/mol. The fraction of sp³-hybridized carbons (Fsp3) is 0.286. The Hall–Kier alpha value is -2.37. The summed E-state index contributed by atoms with van der Waals surface area (Å²) in [7, 11) is 0. The quantitative estimate of drug-likeness (QED) is 0.204. The summed E-state index contributed by atoms with van der Waals surface area (Å²) >= 11 is 1.49. The molecular formula is C35H34Zr+2. The van der Waals surface area contributed by atoms with Crippen LogP contribution in [0.15, 0.2) is 72.8 Å². The van der Waals surface area contributed by atoms with E-state index in [0.717, 1.165) is 12.8 Å². The second kappa shape index (κ2) is 8.32. The molecule has 176 valence electrons. The fourth-order valence-electron chi connectivity index (χ4n) is 6.36. The molecule has 6 rings (SSSR count). The zero-order valence-corrected chi connectivity index (χ0v) is 24.8. The summed E-state index contributed by atoms with van der Waals surface area (Å²) in [4.78, 5) is 0. The van der Waals surface area contributed by atoms with Crippen LogP contribution in [0.3, 0.4) is 0 Å². The van der Waals surface area contributed by atoms with E-state index in [1.807, 2.05) is 0 Å². The van der Waals surface area contributed by atoms with Crippen molar-refractivity contribution in [2.75, 3.05) is 0 Å². The van der Waals surface area contributed by atoms with Gasteiger partial charge >= 0.3 is 232 Å². The molecule has 36 heavy (non-hydrogen) atoms. The van der Waals surface area contributed by atoms with Crippen LogP contribution in [0, 0.1) is 0 Å². The molecule has 2 aliphatic rings. The van der Waals surface area contributed by atoms with E-state index in [9.17, 15) is 0 Å². The molecule has 0 saturated carbocycles. The van der Waals surface area contributed by atoms with E-state index in [-0.39, 0.29) is 10.8 Å². The van der Waals surface area contributed by atoms with Crippen LogP contribution < -0.4 is 0 Å². The molecule has 0 atom stereocenters. The predicted molar refractivity (Wildman–Crippen MR) is 150 cm³/mol. The van der Waals surface area contributed by atoms with E-state index in [0.29, 0.717) is 0 Å². The zero-order valence-electron chi connectivity index (χ0n) is 22.3. The summed E-state index contributed by atoms with van der Waals surface area (Å²) in [6.07, 6.45) is 2.07. The molecule has 0 fully saturated rings. The molecule has 4 aromatic rings. The molecule has 0 N–H and O–H groups in total. The minimum atomic E-state index is 0.110. The summed E-state index contributed by atoms with van der Waals surface area (Å²) in [6, 6.07) is 27.8. The first kappa shape index (κ1) is 24.0. The van der Waals surface area contributed by atoms with Crippen molar-refractivity contribution in [3.05, 3.63) is 117 Å². The van der Waals surface area contributed by atoms with Crippen LogP contribution in [0.4, 0.5) is 0 Å². The summed E-state index contributed by atoms with van der Waals surface area (Å²) in [6.45, 7) is 14.1. The molecule has 4 aromatic carbocycles. The van der Waals surface area contributed by atoms with Gasteiger partial charge in [-0.2, -0.15) is 0 Å². The van der Waals surface area contributed by atoms with Gasteiger partial charge in [0.25, 0.3) is 0 Å². The Balaban J connectivity index is 1.56. The predicted octanol–water partition coefficient (Wildman–Crippen LogP) is 8.54. The normalized spacial score (nSPS) is 13.8. The van der Waals surface area contributed by atoms with Gasteiger partial charge in [0, 0.05) is 0 Å². The molecule has 0 aromatic heterocycles. The molecule has 1 heteroatoms. The van der Waals surface area contributed by atoms with Gasteiger partial charge in [0.15, 0.2) is 0 Å². The van der Waals surface area contributed by atoms with Crippen LogP contribution in [0.5, 0.6) is 0 Å². The van der Waals surface area contributed by atoms with E-state index < -0.39 is 0 Å². The molecule has 0 spiro atoms. The molecule has 0 heterocycles. The molecule has 0 saturated heterocycles. The third kappa shape index (κ3) is 3.69. The third-order valence-corrected chi connectivity index (χ3v) is 9.41. The fourth-order valence-corrected chi connectivity index (χ4v) is 7.51. The first-order chi connectivity index (χ1) is 17.1. The van der Waals surface area contributed by atoms with Gasteiger partial charge in [0.05, 0.1) is 0 Å². The Morgan fingerprint density at radius 1 is 0.556 bits per heavy atom. The van der Waals surface area contributed by atoms with Crippen LogP contribution in [0.2, 0.25) is 0 Å². The third-order valence-electron chi connectivity index (χ3n) is 8.09. The van der Waals surface area contributed by atoms with Crippen LogP contribution in [-0.4, -0.2) is 3.21 Å². The second-order valence-electron chi connectivity index (χ2n) is 12.6. The number of hydrogen-bond acceptors (Lipinski definition) is 0. The van der Waals surface area contributed by atoms with Gasteiger partial charge in [-0.25, -0.2) is 0 Å². The molecule has 0 unspecified atom stereocenters. The summed E-state index contributed by atoms with van der Waals surface area (Å²) in [5, 5.41) is 0. The molecule has 0 radical (unpaired) electrons. The van der Waals surface area contributed by atoms with Crippen molar-refractivity contribution in [2.45, 2.75) is 65.2 Å². The topological polar surface area (TPSA) is 0 Å². The zero-order chi connectivity index (χ0) is 25.4. The number of benzene rings is 4. The van der Waals surface area contributed by atoms with Crippen molar-refractivity contribution in [3.8, 4) is 22.3 Å². The van der Waals surface area contributed by atoms with E-state index >= 15 is 0 Å². The van der Waals surface area contributed by atoms with Gasteiger partial charge in [0.1, 0.15) is 0 Å². The van der Waals surface area contributed by atoms with E-state index in [1.165, 1.54) is 94.2 Å². The maximum absolute atomic E-state index is 2.43. The van der Waals surface area contributed by atoms with E-state index in [2.05, 4.69) is 114 Å². The van der Waals surface area contributed by atoms with Crippen molar-refractivity contribution in [3.63, 3.8) is 0 Å². The van der Waals surface area contributed by atoms with Crippen molar-refractivity contribution >= 4 is 3.21 Å². The van der Waals surface area contributed by atoms with Crippen LogP contribution in [0.1, 0.15) is 86.1 Å². The number of hydrogen-bond donors (Lipinski definition) is 0. The molecule has 0 bridgehead atoms. The van der Waals surface area contributed by atoms with Crippen LogP contribution >= 0.6 is 0 Å². The van der Waals surface area contributed by atoms with Gasteiger partial charge in [-0.15, -0.1) is 0 Å². The van der Waals surface area contributed by atoms with Crippen molar-refractivity contribution in [1.82, 2.24) is 0 Å². The van der Waals surface area contributed by atoms with Crippen LogP contribution in [-0.2, 0) is 47.9 Å². The Morgan fingerprint density at radius 2 is 0.944 bits per heavy atom. The van der Waals surface area contributed by atoms with Gasteiger partial charge < -0.3 is 0 Å². The average Bonchev–Trinajstić information content (AvgIpc) is 3.40. The summed E-state index contributed by atoms with van der Waals surface area (Å²) in [5.74, 6) is 0. The van der Waals surface area contributed by atoms with Gasteiger partial charge in [0.2, 0.25) is 0 Å². The Labute approximate surface area is 231 Å². The van der Waals surface area contributed by atoms with E-state index in [4.69, 9.17) is 0 Å². The SMILES string of the molecule is CC(C)(C)c1ccc([C](=[Zr+2])c2ccc(C(C)(C)C)c3c2Cc2ccccc2-3)c2c1-c1ccccc1C2. The molecular weight excluding hydrogens is 512 g/mol. The Morgan fingerprint density at radius 3 is 1.33 bits per heavy atom. The minimum absolute atomic E-state index is 0.110. The second-order valence-corrected chi connectivity index (χ2v) is 13.8. The van der Waals surface area contributed by atoms with E-state index in [1.54, 1.807) is 0 Å². The van der Waals surface area contributed by atoms with Crippen molar-refractivity contribution in [1.29, 1.82) is 0 Å². The number of rotatable bonds is 2. The van der Waals surface area contributed by atoms with Crippen molar-refractivity contribution in [2.24, 2.45) is 0 Å². The maximum atomic E-state index is 2.43. The van der Waals surface area contributed by atoms with Crippen LogP contribution in [0.25, 0.3) is 22.3 Å². The first-order valence-electron chi connectivity index (χ1n) is 13.1.